The maximum Gasteiger partial charge on any atom is 0.203 e. The number of fused-ring (bicyclic) bond motifs is 1. The Morgan fingerprint density at radius 3 is 2.00 bits per heavy atom. The van der Waals surface area contributed by atoms with Crippen LogP contribution < -0.4 is 29.4 Å². The number of hydrogen-bond acceptors (Lipinski definition) is 8. The van der Waals surface area contributed by atoms with Gasteiger partial charge in [-0.15, -0.1) is 0 Å². The molecule has 2 N–H and O–H groups in total. The first-order chi connectivity index (χ1) is 16.4. The molecule has 34 heavy (non-hydrogen) atoms. The molecule has 0 amide bonds. The molecule has 0 saturated carbocycles. The Morgan fingerprint density at radius 2 is 1.44 bits per heavy atom. The van der Waals surface area contributed by atoms with E-state index < -0.39 is 0 Å². The van der Waals surface area contributed by atoms with Crippen LogP contribution in [0.3, 0.4) is 0 Å². The van der Waals surface area contributed by atoms with Crippen molar-refractivity contribution in [1.82, 2.24) is 0 Å². The van der Waals surface area contributed by atoms with Crippen molar-refractivity contribution < 1.29 is 32.9 Å². The second-order valence-corrected chi connectivity index (χ2v) is 7.37. The van der Waals surface area contributed by atoms with Gasteiger partial charge in [-0.05, 0) is 42.5 Å². The van der Waals surface area contributed by atoms with Crippen molar-refractivity contribution in [2.45, 2.75) is 0 Å². The molecule has 3 aromatic carbocycles. The molecule has 0 spiro atoms. The fraction of sp³-hybridized carbons (Fsp3) is 0.192. The van der Waals surface area contributed by atoms with Gasteiger partial charge in [0.05, 0.1) is 46.8 Å². The predicted molar refractivity (Wildman–Crippen MR) is 129 cm³/mol. The quantitative estimate of drug-likeness (QED) is 0.289. The van der Waals surface area contributed by atoms with E-state index in [1.165, 1.54) is 28.4 Å². The zero-order chi connectivity index (χ0) is 24.4. The molecular weight excluding hydrogens is 438 g/mol. The average molecular weight is 463 g/mol. The van der Waals surface area contributed by atoms with E-state index in [0.717, 1.165) is 0 Å². The standard InChI is InChI=1S/C26H25NO7/c1-29-16-7-8-17-20(13-16)34-25(14-6-9-19(30-2)18(27)10-14)23(17)24(28)15-11-21(31-3)26(33-5)22(12-15)32-4/h6-13H,27H2,1-5H3. The van der Waals surface area contributed by atoms with Crippen molar-refractivity contribution in [3.63, 3.8) is 0 Å². The Kier molecular flexibility index (Phi) is 6.23. The Hall–Kier alpha value is -4.33. The van der Waals surface area contributed by atoms with Crippen molar-refractivity contribution in [1.29, 1.82) is 0 Å². The first-order valence-corrected chi connectivity index (χ1v) is 10.3. The monoisotopic (exact) mass is 463 g/mol. The maximum atomic E-state index is 13.9. The number of nitrogen functional groups attached to an aromatic ring is 1. The van der Waals surface area contributed by atoms with Crippen molar-refractivity contribution in [2.24, 2.45) is 0 Å². The van der Waals surface area contributed by atoms with Gasteiger partial charge in [0.1, 0.15) is 22.8 Å². The third-order valence-corrected chi connectivity index (χ3v) is 5.54. The number of hydrogen-bond donors (Lipinski definition) is 1. The van der Waals surface area contributed by atoms with Gasteiger partial charge in [-0.2, -0.15) is 0 Å². The first-order valence-electron chi connectivity index (χ1n) is 10.3. The molecule has 0 aliphatic heterocycles. The van der Waals surface area contributed by atoms with Gasteiger partial charge in [0.2, 0.25) is 5.75 Å². The number of carbonyl (C=O) groups is 1. The minimum Gasteiger partial charge on any atom is -0.497 e. The Balaban J connectivity index is 1.97. The SMILES string of the molecule is COc1ccc2c(C(=O)c3cc(OC)c(OC)c(OC)c3)c(-c3ccc(OC)c(N)c3)oc2c1. The Morgan fingerprint density at radius 1 is 0.765 bits per heavy atom. The zero-order valence-electron chi connectivity index (χ0n) is 19.6. The number of nitrogens with two attached hydrogens (primary N) is 1. The average Bonchev–Trinajstić information content (AvgIpc) is 3.25. The van der Waals surface area contributed by atoms with E-state index >= 15 is 0 Å². The number of methoxy groups -OCH3 is 5. The van der Waals surface area contributed by atoms with Gasteiger partial charge in [-0.1, -0.05) is 0 Å². The third kappa shape index (κ3) is 3.83. The molecule has 0 radical (unpaired) electrons. The van der Waals surface area contributed by atoms with Gasteiger partial charge < -0.3 is 33.8 Å². The molecule has 176 valence electrons. The minimum atomic E-state index is -0.285. The van der Waals surface area contributed by atoms with Gasteiger partial charge in [0.15, 0.2) is 17.3 Å². The number of ketones is 1. The number of furan rings is 1. The highest BCUT2D eigenvalue weighted by molar-refractivity contribution is 6.20. The van der Waals surface area contributed by atoms with Crippen LogP contribution in [0.2, 0.25) is 0 Å². The van der Waals surface area contributed by atoms with E-state index in [1.807, 2.05) is 0 Å². The summed E-state index contributed by atoms with van der Waals surface area (Å²) in [4.78, 5) is 13.9. The van der Waals surface area contributed by atoms with Crippen LogP contribution in [0, 0.1) is 0 Å². The number of rotatable bonds is 8. The van der Waals surface area contributed by atoms with Crippen LogP contribution in [0.5, 0.6) is 28.7 Å². The summed E-state index contributed by atoms with van der Waals surface area (Å²) in [5.74, 6) is 2.35. The second kappa shape index (κ2) is 9.27. The minimum absolute atomic E-state index is 0.285. The van der Waals surface area contributed by atoms with Gasteiger partial charge in [-0.25, -0.2) is 0 Å². The molecule has 0 atom stereocenters. The van der Waals surface area contributed by atoms with Crippen LogP contribution in [0.15, 0.2) is 52.9 Å². The molecule has 0 saturated heterocycles. The smallest absolute Gasteiger partial charge is 0.203 e. The molecule has 8 heteroatoms. The summed E-state index contributed by atoms with van der Waals surface area (Å²) in [6, 6.07) is 13.7. The number of benzene rings is 3. The lowest BCUT2D eigenvalue weighted by molar-refractivity contribution is 0.103. The fourth-order valence-corrected chi connectivity index (χ4v) is 3.86. The fourth-order valence-electron chi connectivity index (χ4n) is 3.86. The molecule has 0 aliphatic rings. The van der Waals surface area contributed by atoms with Crippen molar-refractivity contribution >= 4 is 22.4 Å². The van der Waals surface area contributed by atoms with Gasteiger partial charge >= 0.3 is 0 Å². The molecule has 0 fully saturated rings. The molecule has 1 heterocycles. The van der Waals surface area contributed by atoms with Crippen LogP contribution >= 0.6 is 0 Å². The summed E-state index contributed by atoms with van der Waals surface area (Å²) in [5.41, 5.74) is 8.40. The molecule has 8 nitrogen and oxygen atoms in total. The summed E-state index contributed by atoms with van der Waals surface area (Å²) in [7, 11) is 7.60. The molecular formula is C26H25NO7. The lowest BCUT2D eigenvalue weighted by Gasteiger charge is -2.14. The largest absolute Gasteiger partial charge is 0.497 e. The summed E-state index contributed by atoms with van der Waals surface area (Å²) in [6.07, 6.45) is 0. The topological polar surface area (TPSA) is 102 Å². The van der Waals surface area contributed by atoms with Crippen LogP contribution in [0.1, 0.15) is 15.9 Å². The molecule has 0 unspecified atom stereocenters. The molecule has 0 bridgehead atoms. The predicted octanol–water partition coefficient (Wildman–Crippen LogP) is 4.96. The molecule has 4 aromatic rings. The van der Waals surface area contributed by atoms with Crippen molar-refractivity contribution in [3.8, 4) is 40.1 Å². The second-order valence-electron chi connectivity index (χ2n) is 7.37. The number of anilines is 1. The lowest BCUT2D eigenvalue weighted by Crippen LogP contribution is -2.05. The van der Waals surface area contributed by atoms with Crippen LogP contribution in [0.25, 0.3) is 22.3 Å². The zero-order valence-corrected chi connectivity index (χ0v) is 19.6. The van der Waals surface area contributed by atoms with E-state index in [4.69, 9.17) is 33.8 Å². The molecule has 4 rings (SSSR count). The van der Waals surface area contributed by atoms with Crippen LogP contribution in [0.4, 0.5) is 5.69 Å². The first kappa shape index (κ1) is 22.8. The van der Waals surface area contributed by atoms with Crippen LogP contribution in [-0.2, 0) is 0 Å². The van der Waals surface area contributed by atoms with Crippen LogP contribution in [-0.4, -0.2) is 41.3 Å². The van der Waals surface area contributed by atoms with Crippen molar-refractivity contribution in [2.75, 3.05) is 41.3 Å². The summed E-state index contributed by atoms with van der Waals surface area (Å²) >= 11 is 0. The molecule has 1 aromatic heterocycles. The summed E-state index contributed by atoms with van der Waals surface area (Å²) in [5, 5.41) is 0.629. The summed E-state index contributed by atoms with van der Waals surface area (Å²) in [6.45, 7) is 0. The van der Waals surface area contributed by atoms with E-state index in [2.05, 4.69) is 0 Å². The maximum absolute atomic E-state index is 13.9. The van der Waals surface area contributed by atoms with Crippen molar-refractivity contribution in [3.05, 3.63) is 59.7 Å². The third-order valence-electron chi connectivity index (χ3n) is 5.54. The lowest BCUT2D eigenvalue weighted by atomic mass is 9.96. The normalized spacial score (nSPS) is 10.7. The molecule has 0 aliphatic carbocycles. The van der Waals surface area contributed by atoms with E-state index in [1.54, 1.807) is 55.6 Å². The van der Waals surface area contributed by atoms with Gasteiger partial charge in [0.25, 0.3) is 0 Å². The highest BCUT2D eigenvalue weighted by Gasteiger charge is 2.26. The van der Waals surface area contributed by atoms with E-state index in [-0.39, 0.29) is 5.78 Å². The highest BCUT2D eigenvalue weighted by Crippen LogP contribution is 2.42. The van der Waals surface area contributed by atoms with E-state index in [0.29, 0.717) is 67.9 Å². The highest BCUT2D eigenvalue weighted by atomic mass is 16.5. The number of carbonyl (C=O) groups excluding carboxylic acids is 1. The summed E-state index contributed by atoms with van der Waals surface area (Å²) < 4.78 is 33.0. The van der Waals surface area contributed by atoms with Gasteiger partial charge in [0, 0.05) is 22.6 Å². The van der Waals surface area contributed by atoms with Gasteiger partial charge in [-0.3, -0.25) is 4.79 Å². The number of ether oxygens (including phenoxy) is 5. The van der Waals surface area contributed by atoms with E-state index in [9.17, 15) is 4.79 Å². The Labute approximate surface area is 196 Å². The Bertz CT molecular complexity index is 1350.